The fourth-order valence-corrected chi connectivity index (χ4v) is 0.993. The highest BCUT2D eigenvalue weighted by Gasteiger charge is 1.97. The molecule has 0 aliphatic carbocycles. The van der Waals surface area contributed by atoms with Gasteiger partial charge in [0.05, 0.1) is 6.61 Å². The molecule has 1 aromatic rings. The van der Waals surface area contributed by atoms with E-state index in [0.29, 0.717) is 12.5 Å². The fraction of sp³-hybridized carbons (Fsp3) is 0.625. The summed E-state index contributed by atoms with van der Waals surface area (Å²) in [5.74, 6) is 0.441. The van der Waals surface area contributed by atoms with Gasteiger partial charge in [-0.2, -0.15) is 10.1 Å². The molecular formula is C8H12ClN3O. The van der Waals surface area contributed by atoms with Gasteiger partial charge in [0.2, 0.25) is 11.2 Å². The number of aromatic nitrogens is 3. The van der Waals surface area contributed by atoms with Gasteiger partial charge in [-0.1, -0.05) is 19.8 Å². The van der Waals surface area contributed by atoms with Crippen LogP contribution in [0.3, 0.4) is 0 Å². The van der Waals surface area contributed by atoms with E-state index in [2.05, 4.69) is 22.1 Å². The summed E-state index contributed by atoms with van der Waals surface area (Å²) < 4.78 is 5.29. The van der Waals surface area contributed by atoms with Crippen molar-refractivity contribution in [1.82, 2.24) is 15.2 Å². The zero-order chi connectivity index (χ0) is 9.52. The molecule has 4 nitrogen and oxygen atoms in total. The molecule has 0 radical (unpaired) electrons. The predicted octanol–water partition coefficient (Wildman–Crippen LogP) is 2.09. The third-order valence-electron chi connectivity index (χ3n) is 1.51. The van der Waals surface area contributed by atoms with Crippen molar-refractivity contribution in [2.75, 3.05) is 6.61 Å². The minimum atomic E-state index is 0.119. The summed E-state index contributed by atoms with van der Waals surface area (Å²) in [6, 6.07) is 0. The molecule has 13 heavy (non-hydrogen) atoms. The van der Waals surface area contributed by atoms with Crippen LogP contribution in [0, 0.1) is 0 Å². The maximum atomic E-state index is 5.52. The van der Waals surface area contributed by atoms with E-state index in [9.17, 15) is 0 Å². The minimum absolute atomic E-state index is 0.119. The lowest BCUT2D eigenvalue weighted by molar-refractivity contribution is 0.292. The van der Waals surface area contributed by atoms with Crippen LogP contribution in [-0.4, -0.2) is 21.8 Å². The van der Waals surface area contributed by atoms with Crippen molar-refractivity contribution in [3.63, 3.8) is 0 Å². The molecule has 0 bridgehead atoms. The number of rotatable bonds is 5. The summed E-state index contributed by atoms with van der Waals surface area (Å²) in [5.41, 5.74) is 0. The average Bonchev–Trinajstić information content (AvgIpc) is 2.13. The third kappa shape index (κ3) is 4.03. The van der Waals surface area contributed by atoms with Gasteiger partial charge in [-0.25, -0.2) is 0 Å². The topological polar surface area (TPSA) is 47.9 Å². The molecule has 0 saturated carbocycles. The Hall–Kier alpha value is -0.900. The van der Waals surface area contributed by atoms with Crippen LogP contribution in [0.15, 0.2) is 6.20 Å². The van der Waals surface area contributed by atoms with Crippen molar-refractivity contribution in [2.45, 2.75) is 26.2 Å². The number of hydrogen-bond acceptors (Lipinski definition) is 4. The van der Waals surface area contributed by atoms with E-state index in [1.54, 1.807) is 0 Å². The molecule has 0 aromatic carbocycles. The second kappa shape index (κ2) is 5.70. The van der Waals surface area contributed by atoms with Gasteiger partial charge in [0.25, 0.3) is 0 Å². The zero-order valence-electron chi connectivity index (χ0n) is 7.53. The summed E-state index contributed by atoms with van der Waals surface area (Å²) in [6.45, 7) is 2.80. The van der Waals surface area contributed by atoms with Crippen LogP contribution in [0.4, 0.5) is 0 Å². The van der Waals surface area contributed by atoms with Gasteiger partial charge < -0.3 is 4.74 Å². The quantitative estimate of drug-likeness (QED) is 0.685. The van der Waals surface area contributed by atoms with Gasteiger partial charge in [0.15, 0.2) is 0 Å². The smallest absolute Gasteiger partial charge is 0.246 e. The van der Waals surface area contributed by atoms with Crippen molar-refractivity contribution in [1.29, 1.82) is 0 Å². The van der Waals surface area contributed by atoms with Crippen LogP contribution in [0.1, 0.15) is 26.2 Å². The lowest BCUT2D eigenvalue weighted by Gasteiger charge is -2.02. The summed E-state index contributed by atoms with van der Waals surface area (Å²) in [6.07, 6.45) is 4.81. The molecule has 5 heteroatoms. The SMILES string of the molecule is CCCCCOc1cnnc(Cl)n1. The average molecular weight is 202 g/mol. The van der Waals surface area contributed by atoms with E-state index in [0.717, 1.165) is 12.8 Å². The lowest BCUT2D eigenvalue weighted by Crippen LogP contribution is -2.00. The first-order valence-electron chi connectivity index (χ1n) is 4.31. The van der Waals surface area contributed by atoms with E-state index in [1.807, 2.05) is 0 Å². The van der Waals surface area contributed by atoms with E-state index >= 15 is 0 Å². The normalized spacial score (nSPS) is 10.0. The maximum absolute atomic E-state index is 5.52. The van der Waals surface area contributed by atoms with Crippen molar-refractivity contribution < 1.29 is 4.74 Å². The molecule has 0 N–H and O–H groups in total. The molecular weight excluding hydrogens is 190 g/mol. The summed E-state index contributed by atoms with van der Waals surface area (Å²) in [5, 5.41) is 7.24. The Kier molecular flexibility index (Phi) is 4.46. The molecule has 0 saturated heterocycles. The van der Waals surface area contributed by atoms with E-state index in [1.165, 1.54) is 12.6 Å². The van der Waals surface area contributed by atoms with Crippen molar-refractivity contribution in [3.8, 4) is 5.88 Å². The van der Waals surface area contributed by atoms with E-state index in [4.69, 9.17) is 16.3 Å². The Bertz CT molecular complexity index is 257. The van der Waals surface area contributed by atoms with E-state index < -0.39 is 0 Å². The Morgan fingerprint density at radius 3 is 3.00 bits per heavy atom. The second-order valence-electron chi connectivity index (χ2n) is 2.62. The summed E-state index contributed by atoms with van der Waals surface area (Å²) >= 11 is 5.52. The molecule has 1 heterocycles. The minimum Gasteiger partial charge on any atom is -0.476 e. The lowest BCUT2D eigenvalue weighted by atomic mass is 10.3. The van der Waals surface area contributed by atoms with Crippen LogP contribution in [0.25, 0.3) is 0 Å². The molecule has 72 valence electrons. The molecule has 0 amide bonds. The van der Waals surface area contributed by atoms with Crippen LogP contribution >= 0.6 is 11.6 Å². The van der Waals surface area contributed by atoms with Crippen LogP contribution in [-0.2, 0) is 0 Å². The van der Waals surface area contributed by atoms with Gasteiger partial charge in [0, 0.05) is 0 Å². The monoisotopic (exact) mass is 201 g/mol. The number of halogens is 1. The maximum Gasteiger partial charge on any atom is 0.246 e. The Morgan fingerprint density at radius 2 is 2.31 bits per heavy atom. The first kappa shape index (κ1) is 10.2. The highest BCUT2D eigenvalue weighted by atomic mass is 35.5. The Balaban J connectivity index is 2.28. The van der Waals surface area contributed by atoms with Crippen LogP contribution < -0.4 is 4.74 Å². The number of nitrogens with zero attached hydrogens (tertiary/aromatic N) is 3. The van der Waals surface area contributed by atoms with Gasteiger partial charge in [-0.3, -0.25) is 0 Å². The molecule has 0 spiro atoms. The fourth-order valence-electron chi connectivity index (χ4n) is 0.866. The van der Waals surface area contributed by atoms with Crippen molar-refractivity contribution in [3.05, 3.63) is 11.5 Å². The van der Waals surface area contributed by atoms with Gasteiger partial charge in [-0.05, 0) is 18.0 Å². The zero-order valence-corrected chi connectivity index (χ0v) is 8.29. The first-order chi connectivity index (χ1) is 6.33. The second-order valence-corrected chi connectivity index (χ2v) is 2.96. The van der Waals surface area contributed by atoms with E-state index in [-0.39, 0.29) is 5.28 Å². The summed E-state index contributed by atoms with van der Waals surface area (Å²) in [7, 11) is 0. The molecule has 1 aromatic heterocycles. The predicted molar refractivity (Wildman–Crippen MR) is 49.9 cm³/mol. The van der Waals surface area contributed by atoms with Crippen molar-refractivity contribution >= 4 is 11.6 Å². The molecule has 0 unspecified atom stereocenters. The van der Waals surface area contributed by atoms with Gasteiger partial charge in [-0.15, -0.1) is 5.10 Å². The largest absolute Gasteiger partial charge is 0.476 e. The molecule has 0 aliphatic rings. The number of ether oxygens (including phenoxy) is 1. The Morgan fingerprint density at radius 1 is 1.46 bits per heavy atom. The third-order valence-corrected chi connectivity index (χ3v) is 1.67. The van der Waals surface area contributed by atoms with Crippen LogP contribution in [0.2, 0.25) is 5.28 Å². The highest BCUT2D eigenvalue weighted by Crippen LogP contribution is 2.07. The molecule has 0 atom stereocenters. The highest BCUT2D eigenvalue weighted by molar-refractivity contribution is 6.28. The van der Waals surface area contributed by atoms with Crippen LogP contribution in [0.5, 0.6) is 5.88 Å². The van der Waals surface area contributed by atoms with Gasteiger partial charge >= 0.3 is 0 Å². The Labute approximate surface area is 82.3 Å². The summed E-state index contributed by atoms with van der Waals surface area (Å²) in [4.78, 5) is 3.84. The molecule has 1 rings (SSSR count). The first-order valence-corrected chi connectivity index (χ1v) is 4.68. The van der Waals surface area contributed by atoms with Gasteiger partial charge in [0.1, 0.15) is 6.20 Å². The molecule has 0 fully saturated rings. The van der Waals surface area contributed by atoms with Crippen molar-refractivity contribution in [2.24, 2.45) is 0 Å². The number of unbranched alkanes of at least 4 members (excludes halogenated alkanes) is 2. The number of hydrogen-bond donors (Lipinski definition) is 0. The molecule has 0 aliphatic heterocycles. The standard InChI is InChI=1S/C8H12ClN3O/c1-2-3-4-5-13-7-6-10-12-8(9)11-7/h6H,2-5H2,1H3.